The largest absolute Gasteiger partial charge is 0.496 e. The third-order valence-corrected chi connectivity index (χ3v) is 3.14. The molecule has 0 amide bonds. The number of hydrogen-bond acceptors (Lipinski definition) is 6. The second-order valence-electron chi connectivity index (χ2n) is 3.70. The summed E-state index contributed by atoms with van der Waals surface area (Å²) in [7, 11) is -1.68. The molecule has 0 aliphatic carbocycles. The molecule has 100 valence electrons. The predicted molar refractivity (Wildman–Crippen MR) is 67.8 cm³/mol. The summed E-state index contributed by atoms with van der Waals surface area (Å²) in [6.45, 7) is 0.117. The topological polar surface area (TPSA) is 98.5 Å². The number of ether oxygens (including phenoxy) is 1. The van der Waals surface area contributed by atoms with E-state index in [-0.39, 0.29) is 23.7 Å². The highest BCUT2D eigenvalue weighted by atomic mass is 32.2. The Morgan fingerprint density at radius 1 is 1.44 bits per heavy atom. The van der Waals surface area contributed by atoms with Gasteiger partial charge in [-0.15, -0.1) is 0 Å². The van der Waals surface area contributed by atoms with Crippen molar-refractivity contribution in [1.29, 1.82) is 0 Å². The van der Waals surface area contributed by atoms with Crippen LogP contribution in [0.5, 0.6) is 5.75 Å². The normalized spacial score (nSPS) is 11.0. The van der Waals surface area contributed by atoms with Gasteiger partial charge < -0.3 is 10.1 Å². The smallest absolute Gasteiger partial charge is 0.296 e. The third-order valence-electron chi connectivity index (χ3n) is 2.19. The van der Waals surface area contributed by atoms with Crippen molar-refractivity contribution >= 4 is 21.2 Å². The van der Waals surface area contributed by atoms with E-state index in [1.54, 1.807) is 6.07 Å². The van der Waals surface area contributed by atoms with Gasteiger partial charge in [0.15, 0.2) is 0 Å². The summed E-state index contributed by atoms with van der Waals surface area (Å²) in [5.41, 5.74) is 0.118. The van der Waals surface area contributed by atoms with Crippen molar-refractivity contribution < 1.29 is 18.1 Å². The molecular formula is C10H14N2O5S. The van der Waals surface area contributed by atoms with Crippen molar-refractivity contribution in [2.24, 2.45) is 0 Å². The van der Waals surface area contributed by atoms with Gasteiger partial charge in [-0.1, -0.05) is 0 Å². The Morgan fingerprint density at radius 3 is 2.61 bits per heavy atom. The number of hydrogen-bond donors (Lipinski definition) is 1. The molecule has 0 saturated carbocycles. The van der Waals surface area contributed by atoms with E-state index in [4.69, 9.17) is 4.74 Å². The van der Waals surface area contributed by atoms with Crippen LogP contribution < -0.4 is 10.1 Å². The molecule has 0 fully saturated rings. The highest BCUT2D eigenvalue weighted by Crippen LogP contribution is 2.28. The molecule has 1 N–H and O–H groups in total. The molecule has 8 heteroatoms. The maximum atomic E-state index is 10.9. The first-order valence-electron chi connectivity index (χ1n) is 5.07. The van der Waals surface area contributed by atoms with Crippen LogP contribution >= 0.6 is 0 Å². The molecule has 0 heterocycles. The van der Waals surface area contributed by atoms with E-state index in [2.05, 4.69) is 5.32 Å². The quantitative estimate of drug-likeness (QED) is 0.615. The van der Waals surface area contributed by atoms with E-state index in [1.807, 2.05) is 0 Å². The van der Waals surface area contributed by atoms with E-state index in [9.17, 15) is 18.5 Å². The van der Waals surface area contributed by atoms with E-state index >= 15 is 0 Å². The van der Waals surface area contributed by atoms with Crippen LogP contribution in [0.2, 0.25) is 0 Å². The van der Waals surface area contributed by atoms with Crippen LogP contribution in [-0.2, 0) is 9.84 Å². The van der Waals surface area contributed by atoms with Crippen molar-refractivity contribution in [3.05, 3.63) is 28.3 Å². The van der Waals surface area contributed by atoms with Crippen LogP contribution in [0, 0.1) is 10.1 Å². The molecule has 0 atom stereocenters. The Morgan fingerprint density at radius 2 is 2.11 bits per heavy atom. The Kier molecular flexibility index (Phi) is 4.49. The number of nitrogens with one attached hydrogen (secondary N) is 1. The molecule has 0 radical (unpaired) electrons. The second-order valence-corrected chi connectivity index (χ2v) is 5.96. The lowest BCUT2D eigenvalue weighted by Crippen LogP contribution is -2.14. The summed E-state index contributed by atoms with van der Waals surface area (Å²) in [4.78, 5) is 10.3. The zero-order chi connectivity index (χ0) is 13.8. The molecule has 0 bridgehead atoms. The SMILES string of the molecule is COc1ccc(NCCS(C)(=O)=O)c([N+](=O)[O-])c1. The fraction of sp³-hybridized carbons (Fsp3) is 0.400. The van der Waals surface area contributed by atoms with E-state index in [0.29, 0.717) is 5.75 Å². The van der Waals surface area contributed by atoms with Gasteiger partial charge in [0, 0.05) is 12.8 Å². The molecular weight excluding hydrogens is 260 g/mol. The number of rotatable bonds is 6. The minimum Gasteiger partial charge on any atom is -0.496 e. The van der Waals surface area contributed by atoms with Gasteiger partial charge in [0.05, 0.1) is 23.9 Å². The van der Waals surface area contributed by atoms with Crippen LogP contribution in [0.15, 0.2) is 18.2 Å². The summed E-state index contributed by atoms with van der Waals surface area (Å²) in [5, 5.41) is 13.6. The van der Waals surface area contributed by atoms with Gasteiger partial charge in [-0.3, -0.25) is 10.1 Å². The van der Waals surface area contributed by atoms with Gasteiger partial charge in [0.2, 0.25) is 0 Å². The number of methoxy groups -OCH3 is 1. The first kappa shape index (κ1) is 14.2. The maximum absolute atomic E-state index is 10.9. The fourth-order valence-corrected chi connectivity index (χ4v) is 1.78. The molecule has 0 unspecified atom stereocenters. The molecule has 0 spiro atoms. The molecule has 7 nitrogen and oxygen atoms in total. The summed E-state index contributed by atoms with van der Waals surface area (Å²) >= 11 is 0. The molecule has 1 aromatic rings. The zero-order valence-electron chi connectivity index (χ0n) is 10.0. The molecule has 0 aliphatic rings. The maximum Gasteiger partial charge on any atom is 0.296 e. The van der Waals surface area contributed by atoms with E-state index in [1.165, 1.54) is 19.2 Å². The van der Waals surface area contributed by atoms with E-state index in [0.717, 1.165) is 6.26 Å². The zero-order valence-corrected chi connectivity index (χ0v) is 10.9. The molecule has 18 heavy (non-hydrogen) atoms. The lowest BCUT2D eigenvalue weighted by atomic mass is 10.2. The van der Waals surface area contributed by atoms with Gasteiger partial charge in [0.1, 0.15) is 21.3 Å². The van der Waals surface area contributed by atoms with Crippen molar-refractivity contribution in [3.63, 3.8) is 0 Å². The Labute approximate surface area is 105 Å². The Hall–Kier alpha value is -1.83. The Bertz CT molecular complexity index is 541. The number of benzene rings is 1. The number of nitro groups is 1. The highest BCUT2D eigenvalue weighted by molar-refractivity contribution is 7.90. The fourth-order valence-electron chi connectivity index (χ4n) is 1.31. The first-order valence-corrected chi connectivity index (χ1v) is 7.13. The van der Waals surface area contributed by atoms with Crippen molar-refractivity contribution in [1.82, 2.24) is 0 Å². The highest BCUT2D eigenvalue weighted by Gasteiger charge is 2.15. The number of anilines is 1. The minimum atomic E-state index is -3.10. The summed E-state index contributed by atoms with van der Waals surface area (Å²) < 4.78 is 26.8. The second kappa shape index (κ2) is 5.67. The van der Waals surface area contributed by atoms with Crippen LogP contribution in [0.25, 0.3) is 0 Å². The molecule has 0 aromatic heterocycles. The number of nitro benzene ring substituents is 1. The summed E-state index contributed by atoms with van der Waals surface area (Å²) in [5.74, 6) is 0.284. The lowest BCUT2D eigenvalue weighted by molar-refractivity contribution is -0.384. The monoisotopic (exact) mass is 274 g/mol. The standard InChI is InChI=1S/C10H14N2O5S/c1-17-8-3-4-9(10(7-8)12(13)14)11-5-6-18(2,15)16/h3-4,7,11H,5-6H2,1-2H3. The molecule has 0 saturated heterocycles. The average Bonchev–Trinajstić information content (AvgIpc) is 2.27. The summed E-state index contributed by atoms with van der Waals surface area (Å²) in [6, 6.07) is 4.33. The number of sulfone groups is 1. The van der Waals surface area contributed by atoms with Crippen LogP contribution in [-0.4, -0.2) is 39.0 Å². The van der Waals surface area contributed by atoms with Gasteiger partial charge in [0.25, 0.3) is 5.69 Å². The van der Waals surface area contributed by atoms with Crippen molar-refractivity contribution in [3.8, 4) is 5.75 Å². The van der Waals surface area contributed by atoms with Crippen molar-refractivity contribution in [2.75, 3.05) is 31.0 Å². The van der Waals surface area contributed by atoms with E-state index < -0.39 is 14.8 Å². The van der Waals surface area contributed by atoms with Crippen molar-refractivity contribution in [2.45, 2.75) is 0 Å². The first-order chi connectivity index (χ1) is 8.33. The lowest BCUT2D eigenvalue weighted by Gasteiger charge is -2.07. The van der Waals surface area contributed by atoms with Gasteiger partial charge >= 0.3 is 0 Å². The number of nitrogens with zero attached hydrogens (tertiary/aromatic N) is 1. The van der Waals surface area contributed by atoms with Gasteiger partial charge in [-0.25, -0.2) is 8.42 Å². The molecule has 0 aliphatic heterocycles. The predicted octanol–water partition coefficient (Wildman–Crippen LogP) is 1.06. The third kappa shape index (κ3) is 4.21. The Balaban J connectivity index is 2.85. The molecule has 1 rings (SSSR count). The summed E-state index contributed by atoms with van der Waals surface area (Å²) in [6.07, 6.45) is 1.11. The van der Waals surface area contributed by atoms with Crippen LogP contribution in [0.1, 0.15) is 0 Å². The molecule has 1 aromatic carbocycles. The van der Waals surface area contributed by atoms with Crippen LogP contribution in [0.3, 0.4) is 0 Å². The van der Waals surface area contributed by atoms with Gasteiger partial charge in [-0.2, -0.15) is 0 Å². The van der Waals surface area contributed by atoms with Gasteiger partial charge in [-0.05, 0) is 12.1 Å². The average molecular weight is 274 g/mol. The minimum absolute atomic E-state index is 0.0871. The van der Waals surface area contributed by atoms with Crippen LogP contribution in [0.4, 0.5) is 11.4 Å².